The first-order valence-electron chi connectivity index (χ1n) is 8.93. The predicted octanol–water partition coefficient (Wildman–Crippen LogP) is 3.15. The van der Waals surface area contributed by atoms with E-state index in [-0.39, 0.29) is 23.6 Å². The Bertz CT molecular complexity index is 878. The van der Waals surface area contributed by atoms with Crippen molar-refractivity contribution in [2.75, 3.05) is 17.6 Å². The molecule has 3 N–H and O–H groups in total. The molecule has 1 atom stereocenters. The van der Waals surface area contributed by atoms with Gasteiger partial charge in [-0.3, -0.25) is 14.5 Å². The molecule has 8 heteroatoms. The van der Waals surface area contributed by atoms with E-state index in [0.29, 0.717) is 17.1 Å². The van der Waals surface area contributed by atoms with Gasteiger partial charge in [-0.1, -0.05) is 18.2 Å². The van der Waals surface area contributed by atoms with E-state index < -0.39 is 11.6 Å². The number of carbonyl (C=O) groups excluding carboxylic acids is 2. The van der Waals surface area contributed by atoms with Crippen LogP contribution in [0, 0.1) is 11.6 Å². The van der Waals surface area contributed by atoms with Crippen molar-refractivity contribution in [1.82, 2.24) is 4.90 Å². The number of hydrogen-bond donors (Lipinski definition) is 2. The summed E-state index contributed by atoms with van der Waals surface area (Å²) in [6.07, 6.45) is 1.65. The van der Waals surface area contributed by atoms with Gasteiger partial charge >= 0.3 is 0 Å². The SMILES string of the molecule is NC(=O)C1CCCN1Cc1ccccc1NC(=O)CSc1ccc(F)c(F)c1. The van der Waals surface area contributed by atoms with Crippen molar-refractivity contribution in [2.45, 2.75) is 30.3 Å². The third-order valence-electron chi connectivity index (χ3n) is 4.62. The van der Waals surface area contributed by atoms with Crippen LogP contribution in [0.2, 0.25) is 0 Å². The molecule has 2 amide bonds. The molecule has 0 aliphatic carbocycles. The van der Waals surface area contributed by atoms with Crippen LogP contribution >= 0.6 is 11.8 Å². The van der Waals surface area contributed by atoms with Crippen LogP contribution in [-0.4, -0.2) is 35.1 Å². The second kappa shape index (κ2) is 9.16. The molecule has 1 aliphatic heterocycles. The number of amides is 2. The molecular weight excluding hydrogens is 384 g/mol. The number of rotatable bonds is 7. The monoisotopic (exact) mass is 405 g/mol. The first kappa shape index (κ1) is 20.3. The number of thioether (sulfide) groups is 1. The summed E-state index contributed by atoms with van der Waals surface area (Å²) >= 11 is 1.12. The van der Waals surface area contributed by atoms with E-state index >= 15 is 0 Å². The van der Waals surface area contributed by atoms with E-state index in [1.54, 1.807) is 6.07 Å². The summed E-state index contributed by atoms with van der Waals surface area (Å²) in [5.74, 6) is -2.38. The fraction of sp³-hybridized carbons (Fsp3) is 0.300. The summed E-state index contributed by atoms with van der Waals surface area (Å²) in [5, 5.41) is 2.85. The fourth-order valence-electron chi connectivity index (χ4n) is 3.24. The Kier molecular flexibility index (Phi) is 6.64. The molecule has 1 saturated heterocycles. The third-order valence-corrected chi connectivity index (χ3v) is 5.61. The first-order chi connectivity index (χ1) is 13.4. The van der Waals surface area contributed by atoms with Crippen molar-refractivity contribution in [2.24, 2.45) is 5.73 Å². The second-order valence-electron chi connectivity index (χ2n) is 6.60. The minimum atomic E-state index is -0.939. The maximum absolute atomic E-state index is 13.3. The van der Waals surface area contributed by atoms with Crippen LogP contribution in [0.1, 0.15) is 18.4 Å². The highest BCUT2D eigenvalue weighted by Crippen LogP contribution is 2.25. The number of primary amides is 1. The number of anilines is 1. The van der Waals surface area contributed by atoms with Gasteiger partial charge in [-0.15, -0.1) is 11.8 Å². The van der Waals surface area contributed by atoms with Gasteiger partial charge in [-0.05, 0) is 49.2 Å². The zero-order valence-electron chi connectivity index (χ0n) is 15.2. The van der Waals surface area contributed by atoms with Gasteiger partial charge in [0.25, 0.3) is 0 Å². The van der Waals surface area contributed by atoms with E-state index in [1.165, 1.54) is 6.07 Å². The molecule has 1 fully saturated rings. The Morgan fingerprint density at radius 1 is 1.18 bits per heavy atom. The van der Waals surface area contributed by atoms with Crippen LogP contribution in [0.4, 0.5) is 14.5 Å². The molecule has 2 aromatic rings. The molecule has 5 nitrogen and oxygen atoms in total. The summed E-state index contributed by atoms with van der Waals surface area (Å²) < 4.78 is 26.2. The summed E-state index contributed by atoms with van der Waals surface area (Å²) in [6, 6.07) is 10.6. The first-order valence-corrected chi connectivity index (χ1v) is 9.91. The number of carbonyl (C=O) groups is 2. The van der Waals surface area contributed by atoms with Gasteiger partial charge in [-0.2, -0.15) is 0 Å². The largest absolute Gasteiger partial charge is 0.368 e. The average Bonchev–Trinajstić information content (AvgIpc) is 3.13. The van der Waals surface area contributed by atoms with Crippen molar-refractivity contribution in [1.29, 1.82) is 0 Å². The van der Waals surface area contributed by atoms with Crippen molar-refractivity contribution in [3.63, 3.8) is 0 Å². The lowest BCUT2D eigenvalue weighted by Gasteiger charge is -2.23. The normalized spacial score (nSPS) is 16.9. The number of nitrogens with two attached hydrogens (primary N) is 1. The smallest absolute Gasteiger partial charge is 0.234 e. The molecule has 1 unspecified atom stereocenters. The van der Waals surface area contributed by atoms with E-state index in [9.17, 15) is 18.4 Å². The van der Waals surface area contributed by atoms with E-state index in [0.717, 1.165) is 48.8 Å². The Morgan fingerprint density at radius 2 is 1.96 bits per heavy atom. The third kappa shape index (κ3) is 5.08. The van der Waals surface area contributed by atoms with Crippen molar-refractivity contribution >= 4 is 29.3 Å². The molecule has 0 aromatic heterocycles. The maximum Gasteiger partial charge on any atom is 0.234 e. The highest BCUT2D eigenvalue weighted by Gasteiger charge is 2.29. The topological polar surface area (TPSA) is 75.4 Å². The van der Waals surface area contributed by atoms with Crippen LogP contribution in [0.5, 0.6) is 0 Å². The van der Waals surface area contributed by atoms with E-state index in [4.69, 9.17) is 5.73 Å². The number of para-hydroxylation sites is 1. The molecule has 1 heterocycles. The van der Waals surface area contributed by atoms with Crippen molar-refractivity contribution in [3.05, 3.63) is 59.7 Å². The Hall–Kier alpha value is -2.45. The van der Waals surface area contributed by atoms with Crippen LogP contribution in [0.15, 0.2) is 47.4 Å². The summed E-state index contributed by atoms with van der Waals surface area (Å²) in [6.45, 7) is 1.29. The number of benzene rings is 2. The van der Waals surface area contributed by atoms with E-state index in [1.807, 2.05) is 23.1 Å². The quantitative estimate of drug-likeness (QED) is 0.694. The van der Waals surface area contributed by atoms with Gasteiger partial charge in [0.15, 0.2) is 11.6 Å². The number of nitrogens with zero attached hydrogens (tertiary/aromatic N) is 1. The van der Waals surface area contributed by atoms with E-state index in [2.05, 4.69) is 5.32 Å². The molecule has 3 rings (SSSR count). The van der Waals surface area contributed by atoms with Gasteiger partial charge < -0.3 is 11.1 Å². The molecule has 0 bridgehead atoms. The molecule has 0 radical (unpaired) electrons. The number of likely N-dealkylation sites (tertiary alicyclic amines) is 1. The van der Waals surface area contributed by atoms with Crippen LogP contribution in [0.3, 0.4) is 0 Å². The van der Waals surface area contributed by atoms with Crippen LogP contribution < -0.4 is 11.1 Å². The summed E-state index contributed by atoms with van der Waals surface area (Å²) in [7, 11) is 0. The molecule has 1 aliphatic rings. The van der Waals surface area contributed by atoms with Gasteiger partial charge in [-0.25, -0.2) is 8.78 Å². The lowest BCUT2D eigenvalue weighted by Crippen LogP contribution is -2.39. The minimum Gasteiger partial charge on any atom is -0.368 e. The Labute approximate surface area is 166 Å². The van der Waals surface area contributed by atoms with Crippen LogP contribution in [-0.2, 0) is 16.1 Å². The molecular formula is C20H21F2N3O2S. The molecule has 0 spiro atoms. The molecule has 28 heavy (non-hydrogen) atoms. The zero-order chi connectivity index (χ0) is 20.1. The van der Waals surface area contributed by atoms with Gasteiger partial charge in [0.2, 0.25) is 11.8 Å². The van der Waals surface area contributed by atoms with Crippen LogP contribution in [0.25, 0.3) is 0 Å². The van der Waals surface area contributed by atoms with Crippen molar-refractivity contribution < 1.29 is 18.4 Å². The Morgan fingerprint density at radius 3 is 2.71 bits per heavy atom. The minimum absolute atomic E-state index is 0.0625. The molecule has 148 valence electrons. The number of nitrogens with one attached hydrogen (secondary N) is 1. The molecule has 0 saturated carbocycles. The Balaban J connectivity index is 1.61. The van der Waals surface area contributed by atoms with Gasteiger partial charge in [0, 0.05) is 17.1 Å². The lowest BCUT2D eigenvalue weighted by atomic mass is 10.1. The van der Waals surface area contributed by atoms with Gasteiger partial charge in [0.1, 0.15) is 0 Å². The predicted molar refractivity (Wildman–Crippen MR) is 105 cm³/mol. The van der Waals surface area contributed by atoms with Crippen molar-refractivity contribution in [3.8, 4) is 0 Å². The summed E-state index contributed by atoms with van der Waals surface area (Å²) in [4.78, 5) is 26.4. The molecule has 2 aromatic carbocycles. The lowest BCUT2D eigenvalue weighted by molar-refractivity contribution is -0.122. The second-order valence-corrected chi connectivity index (χ2v) is 7.65. The zero-order valence-corrected chi connectivity index (χ0v) is 16.0. The maximum atomic E-state index is 13.3. The highest BCUT2D eigenvalue weighted by atomic mass is 32.2. The highest BCUT2D eigenvalue weighted by molar-refractivity contribution is 8.00. The average molecular weight is 405 g/mol. The number of hydrogen-bond acceptors (Lipinski definition) is 4. The van der Waals surface area contributed by atoms with Gasteiger partial charge in [0.05, 0.1) is 11.8 Å². The number of halogens is 2. The standard InChI is InChI=1S/C20H21F2N3O2S/c21-15-8-7-14(10-16(15)22)28-12-19(26)24-17-5-2-1-4-13(17)11-25-9-3-6-18(25)20(23)27/h1-2,4-5,7-8,10,18H,3,6,9,11-12H2,(H2,23,27)(H,24,26). The fourth-order valence-corrected chi connectivity index (χ4v) is 3.96. The summed E-state index contributed by atoms with van der Waals surface area (Å²) in [5.41, 5.74) is 7.02.